The molecule has 168 valence electrons. The van der Waals surface area contributed by atoms with Gasteiger partial charge >= 0.3 is 11.9 Å². The highest BCUT2D eigenvalue weighted by atomic mass is 16.4. The van der Waals surface area contributed by atoms with Crippen molar-refractivity contribution in [2.45, 2.75) is 26.4 Å². The van der Waals surface area contributed by atoms with E-state index in [1.165, 1.54) is 27.5 Å². The van der Waals surface area contributed by atoms with Crippen LogP contribution in [0.2, 0.25) is 0 Å². The Hall–Kier alpha value is -3.22. The van der Waals surface area contributed by atoms with Crippen LogP contribution in [0, 0.1) is 0 Å². The fourth-order valence-corrected chi connectivity index (χ4v) is 3.84. The number of benzene rings is 3. The molecule has 6 heteroatoms. The summed E-state index contributed by atoms with van der Waals surface area (Å²) in [5.41, 5.74) is 4.28. The Bertz CT molecular complexity index is 1030. The zero-order valence-corrected chi connectivity index (χ0v) is 18.4. The second-order valence-corrected chi connectivity index (χ2v) is 8.01. The molecule has 0 saturated carbocycles. The highest BCUT2D eigenvalue weighted by molar-refractivity contribution is 6.27. The Morgan fingerprint density at radius 1 is 0.688 bits per heavy atom. The third-order valence-electron chi connectivity index (χ3n) is 5.71. The first kappa shape index (κ1) is 23.4. The molecule has 32 heavy (non-hydrogen) atoms. The van der Waals surface area contributed by atoms with E-state index in [1.807, 2.05) is 0 Å². The maximum Gasteiger partial charge on any atom is 0.414 e. The summed E-state index contributed by atoms with van der Waals surface area (Å²) in [4.78, 5) is 23.4. The van der Waals surface area contributed by atoms with E-state index in [1.54, 1.807) is 0 Å². The van der Waals surface area contributed by atoms with E-state index in [2.05, 4.69) is 83.5 Å². The van der Waals surface area contributed by atoms with Crippen LogP contribution in [0.3, 0.4) is 0 Å². The number of fused-ring (bicyclic) bond motifs is 1. The average Bonchev–Trinajstić information content (AvgIpc) is 2.81. The van der Waals surface area contributed by atoms with E-state index in [0.29, 0.717) is 0 Å². The molecule has 6 nitrogen and oxygen atoms in total. The lowest BCUT2D eigenvalue weighted by Gasteiger charge is -2.34. The van der Waals surface area contributed by atoms with Gasteiger partial charge in [0, 0.05) is 39.3 Å². The van der Waals surface area contributed by atoms with Crippen molar-refractivity contribution in [1.82, 2.24) is 9.80 Å². The van der Waals surface area contributed by atoms with Crippen LogP contribution in [-0.2, 0) is 29.1 Å². The van der Waals surface area contributed by atoms with E-state index < -0.39 is 11.9 Å². The standard InChI is InChI=1S/C24H28N2.C2H2O4/c1-2-20-7-9-21(10-8-20)18-25-13-15-26(16-14-25)19-22-11-12-23-5-3-4-6-24(23)17-22;3-1(4)2(5)6/h3-12,17H,2,13-16,18-19H2,1H3;(H,3,4)(H,5,6). The molecule has 0 aliphatic carbocycles. The fourth-order valence-electron chi connectivity index (χ4n) is 3.84. The summed E-state index contributed by atoms with van der Waals surface area (Å²) in [6.45, 7) is 8.97. The SMILES string of the molecule is CCc1ccc(CN2CCN(Cc3ccc4ccccc4c3)CC2)cc1.O=C(O)C(=O)O. The van der Waals surface area contributed by atoms with E-state index in [-0.39, 0.29) is 0 Å². The molecule has 1 fully saturated rings. The molecule has 0 bridgehead atoms. The lowest BCUT2D eigenvalue weighted by Crippen LogP contribution is -2.45. The van der Waals surface area contributed by atoms with Gasteiger partial charge in [-0.15, -0.1) is 0 Å². The molecule has 2 N–H and O–H groups in total. The van der Waals surface area contributed by atoms with Gasteiger partial charge < -0.3 is 10.2 Å². The third-order valence-corrected chi connectivity index (χ3v) is 5.71. The minimum Gasteiger partial charge on any atom is -0.473 e. The number of aryl methyl sites for hydroxylation is 1. The zero-order chi connectivity index (χ0) is 22.9. The van der Waals surface area contributed by atoms with E-state index in [9.17, 15) is 0 Å². The molecule has 0 atom stereocenters. The van der Waals surface area contributed by atoms with Crippen LogP contribution in [0.15, 0.2) is 66.7 Å². The summed E-state index contributed by atoms with van der Waals surface area (Å²) in [7, 11) is 0. The minimum atomic E-state index is -1.82. The number of piperazine rings is 1. The van der Waals surface area contributed by atoms with Gasteiger partial charge in [-0.1, -0.05) is 67.6 Å². The van der Waals surface area contributed by atoms with Gasteiger partial charge in [0.15, 0.2) is 0 Å². The zero-order valence-electron chi connectivity index (χ0n) is 18.4. The lowest BCUT2D eigenvalue weighted by atomic mass is 10.1. The Morgan fingerprint density at radius 3 is 1.69 bits per heavy atom. The number of hydrogen-bond acceptors (Lipinski definition) is 4. The van der Waals surface area contributed by atoms with Crippen LogP contribution in [0.5, 0.6) is 0 Å². The van der Waals surface area contributed by atoms with Crippen molar-refractivity contribution in [2.24, 2.45) is 0 Å². The fraction of sp³-hybridized carbons (Fsp3) is 0.308. The largest absolute Gasteiger partial charge is 0.473 e. The Kier molecular flexibility index (Phi) is 8.36. The molecule has 1 saturated heterocycles. The number of hydrogen-bond donors (Lipinski definition) is 2. The Morgan fingerprint density at radius 2 is 1.16 bits per heavy atom. The van der Waals surface area contributed by atoms with E-state index in [0.717, 1.165) is 45.7 Å². The molecule has 3 aromatic rings. The van der Waals surface area contributed by atoms with Gasteiger partial charge in [-0.25, -0.2) is 9.59 Å². The van der Waals surface area contributed by atoms with Gasteiger partial charge in [-0.05, 0) is 39.9 Å². The first-order valence-corrected chi connectivity index (χ1v) is 10.9. The molecule has 1 heterocycles. The molecular weight excluding hydrogens is 404 g/mol. The number of carboxylic acids is 2. The van der Waals surface area contributed by atoms with Gasteiger partial charge in [0.25, 0.3) is 0 Å². The highest BCUT2D eigenvalue weighted by Gasteiger charge is 2.17. The Balaban J connectivity index is 0.000000427. The molecule has 3 aromatic carbocycles. The first-order chi connectivity index (χ1) is 15.4. The molecule has 0 amide bonds. The van der Waals surface area contributed by atoms with Crippen LogP contribution in [0.4, 0.5) is 0 Å². The van der Waals surface area contributed by atoms with Crippen molar-refractivity contribution in [2.75, 3.05) is 26.2 Å². The van der Waals surface area contributed by atoms with Crippen molar-refractivity contribution >= 4 is 22.7 Å². The predicted molar refractivity (Wildman–Crippen MR) is 126 cm³/mol. The van der Waals surface area contributed by atoms with Gasteiger partial charge in [-0.2, -0.15) is 0 Å². The van der Waals surface area contributed by atoms with Gasteiger partial charge in [0.1, 0.15) is 0 Å². The molecule has 0 aromatic heterocycles. The molecule has 1 aliphatic heterocycles. The number of carbonyl (C=O) groups is 2. The van der Waals surface area contributed by atoms with E-state index in [4.69, 9.17) is 19.8 Å². The lowest BCUT2D eigenvalue weighted by molar-refractivity contribution is -0.159. The van der Waals surface area contributed by atoms with Crippen molar-refractivity contribution in [3.63, 3.8) is 0 Å². The van der Waals surface area contributed by atoms with Gasteiger partial charge in [0.2, 0.25) is 0 Å². The highest BCUT2D eigenvalue weighted by Crippen LogP contribution is 2.18. The molecular formula is C26H30N2O4. The minimum absolute atomic E-state index is 1.06. The van der Waals surface area contributed by atoms with Gasteiger partial charge in [0.05, 0.1) is 0 Å². The summed E-state index contributed by atoms with van der Waals surface area (Å²) >= 11 is 0. The van der Waals surface area contributed by atoms with Crippen LogP contribution in [-0.4, -0.2) is 58.1 Å². The smallest absolute Gasteiger partial charge is 0.414 e. The normalized spacial score (nSPS) is 14.5. The summed E-state index contributed by atoms with van der Waals surface area (Å²) in [5.74, 6) is -3.65. The van der Waals surface area contributed by atoms with Crippen LogP contribution in [0.1, 0.15) is 23.6 Å². The van der Waals surface area contributed by atoms with Crippen molar-refractivity contribution in [3.8, 4) is 0 Å². The topological polar surface area (TPSA) is 81.1 Å². The summed E-state index contributed by atoms with van der Waals surface area (Å²) in [6, 6.07) is 24.6. The van der Waals surface area contributed by atoms with Crippen LogP contribution in [0.25, 0.3) is 10.8 Å². The second kappa shape index (κ2) is 11.4. The molecule has 4 rings (SSSR count). The van der Waals surface area contributed by atoms with Crippen LogP contribution < -0.4 is 0 Å². The second-order valence-electron chi connectivity index (χ2n) is 8.01. The van der Waals surface area contributed by atoms with Crippen molar-refractivity contribution < 1.29 is 19.8 Å². The quantitative estimate of drug-likeness (QED) is 0.594. The van der Waals surface area contributed by atoms with Crippen molar-refractivity contribution in [1.29, 1.82) is 0 Å². The Labute approximate surface area is 188 Å². The van der Waals surface area contributed by atoms with Crippen LogP contribution >= 0.6 is 0 Å². The third kappa shape index (κ3) is 6.90. The summed E-state index contributed by atoms with van der Waals surface area (Å²) in [6.07, 6.45) is 1.12. The maximum absolute atomic E-state index is 9.10. The number of aliphatic carboxylic acids is 2. The molecule has 1 aliphatic rings. The van der Waals surface area contributed by atoms with Crippen molar-refractivity contribution in [3.05, 3.63) is 83.4 Å². The molecule has 0 unspecified atom stereocenters. The molecule has 0 spiro atoms. The van der Waals surface area contributed by atoms with E-state index >= 15 is 0 Å². The summed E-state index contributed by atoms with van der Waals surface area (Å²) < 4.78 is 0. The average molecular weight is 435 g/mol. The number of rotatable bonds is 5. The summed E-state index contributed by atoms with van der Waals surface area (Å²) in [5, 5.41) is 17.5. The maximum atomic E-state index is 9.10. The first-order valence-electron chi connectivity index (χ1n) is 10.9. The predicted octanol–water partition coefficient (Wildman–Crippen LogP) is 3.88. The number of carboxylic acid groups (broad SMARTS) is 2. The molecule has 0 radical (unpaired) electrons. The van der Waals surface area contributed by atoms with Gasteiger partial charge in [-0.3, -0.25) is 9.80 Å². The monoisotopic (exact) mass is 434 g/mol. The number of nitrogens with zero attached hydrogens (tertiary/aromatic N) is 2.